The van der Waals surface area contributed by atoms with E-state index in [1.807, 2.05) is 0 Å². The van der Waals surface area contributed by atoms with Gasteiger partial charge in [0.05, 0.1) is 13.2 Å². The first-order chi connectivity index (χ1) is 8.18. The molecule has 0 aromatic carbocycles. The van der Waals surface area contributed by atoms with Gasteiger partial charge in [0, 0.05) is 32.8 Å². The number of nitrogens with zero attached hydrogens (tertiary/aromatic N) is 1. The number of hydrogen-bond donors (Lipinski definition) is 1. The Hall–Kier alpha value is -0.650. The van der Waals surface area contributed by atoms with Crippen molar-refractivity contribution in [2.45, 2.75) is 13.8 Å². The Labute approximate surface area is 103 Å². The van der Waals surface area contributed by atoms with Gasteiger partial charge in [-0.2, -0.15) is 0 Å². The zero-order valence-electron chi connectivity index (χ0n) is 10.9. The fourth-order valence-corrected chi connectivity index (χ4v) is 1.63. The lowest BCUT2D eigenvalue weighted by Gasteiger charge is -2.25. The van der Waals surface area contributed by atoms with E-state index in [1.54, 1.807) is 0 Å². The Bertz CT molecular complexity index is 216. The zero-order chi connectivity index (χ0) is 12.5. The summed E-state index contributed by atoms with van der Waals surface area (Å²) in [4.78, 5) is 13.6. The van der Waals surface area contributed by atoms with Gasteiger partial charge >= 0.3 is 5.97 Å². The number of piperazine rings is 1. The van der Waals surface area contributed by atoms with Crippen LogP contribution in [0.3, 0.4) is 0 Å². The minimum atomic E-state index is -0.153. The highest BCUT2D eigenvalue weighted by atomic mass is 16.6. The van der Waals surface area contributed by atoms with Gasteiger partial charge in [0.2, 0.25) is 0 Å². The van der Waals surface area contributed by atoms with E-state index in [0.717, 1.165) is 32.8 Å². The van der Waals surface area contributed by atoms with Crippen LogP contribution in [0.2, 0.25) is 0 Å². The molecule has 1 N–H and O–H groups in total. The number of nitrogens with one attached hydrogen (secondary N) is 1. The predicted octanol–water partition coefficient (Wildman–Crippen LogP) is 0.107. The third-order valence-electron chi connectivity index (χ3n) is 2.50. The molecule has 0 aromatic heterocycles. The largest absolute Gasteiger partial charge is 0.462 e. The van der Waals surface area contributed by atoms with E-state index in [0.29, 0.717) is 25.7 Å². The molecule has 0 saturated carbocycles. The molecule has 5 nitrogen and oxygen atoms in total. The van der Waals surface area contributed by atoms with Crippen molar-refractivity contribution in [3.8, 4) is 0 Å². The van der Waals surface area contributed by atoms with Gasteiger partial charge in [0.25, 0.3) is 0 Å². The highest BCUT2D eigenvalue weighted by Gasteiger charge is 2.13. The number of ether oxygens (including phenoxy) is 2. The molecule has 1 saturated heterocycles. The van der Waals surface area contributed by atoms with Crippen molar-refractivity contribution in [3.05, 3.63) is 0 Å². The Morgan fingerprint density at radius 3 is 2.65 bits per heavy atom. The van der Waals surface area contributed by atoms with E-state index in [2.05, 4.69) is 24.1 Å². The van der Waals surface area contributed by atoms with Crippen LogP contribution in [-0.4, -0.2) is 63.4 Å². The summed E-state index contributed by atoms with van der Waals surface area (Å²) in [5, 5.41) is 3.24. The maximum Gasteiger partial charge on any atom is 0.320 e. The summed E-state index contributed by atoms with van der Waals surface area (Å²) in [5.41, 5.74) is 0. The molecule has 0 atom stereocenters. The molecule has 0 aliphatic carbocycles. The molecule has 0 radical (unpaired) electrons. The minimum absolute atomic E-state index is 0.153. The Morgan fingerprint density at radius 2 is 2.00 bits per heavy atom. The van der Waals surface area contributed by atoms with Crippen LogP contribution < -0.4 is 5.32 Å². The van der Waals surface area contributed by atoms with Crippen molar-refractivity contribution in [1.82, 2.24) is 10.2 Å². The van der Waals surface area contributed by atoms with Crippen LogP contribution in [0.25, 0.3) is 0 Å². The molecule has 0 aromatic rings. The molecule has 0 bridgehead atoms. The first kappa shape index (κ1) is 14.4. The molecule has 1 fully saturated rings. The van der Waals surface area contributed by atoms with Crippen LogP contribution in [0.5, 0.6) is 0 Å². The lowest BCUT2D eigenvalue weighted by molar-refractivity contribution is -0.146. The summed E-state index contributed by atoms with van der Waals surface area (Å²) in [7, 11) is 0. The molecular formula is C12H24N2O3. The third-order valence-corrected chi connectivity index (χ3v) is 2.50. The van der Waals surface area contributed by atoms with Crippen molar-refractivity contribution in [3.63, 3.8) is 0 Å². The number of rotatable bonds is 7. The van der Waals surface area contributed by atoms with Crippen molar-refractivity contribution >= 4 is 5.97 Å². The van der Waals surface area contributed by atoms with Crippen LogP contribution >= 0.6 is 0 Å². The highest BCUT2D eigenvalue weighted by Crippen LogP contribution is 1.94. The molecular weight excluding hydrogens is 220 g/mol. The molecule has 0 amide bonds. The molecule has 17 heavy (non-hydrogen) atoms. The standard InChI is InChI=1S/C12H24N2O3/c1-11(2)10-16-7-8-17-12(15)9-14-5-3-13-4-6-14/h11,13H,3-10H2,1-2H3. The quantitative estimate of drug-likeness (QED) is 0.509. The fraction of sp³-hybridized carbons (Fsp3) is 0.917. The average molecular weight is 244 g/mol. The van der Waals surface area contributed by atoms with E-state index in [9.17, 15) is 4.79 Å². The second-order valence-electron chi connectivity index (χ2n) is 4.72. The predicted molar refractivity (Wildman–Crippen MR) is 65.9 cm³/mol. The molecule has 0 spiro atoms. The van der Waals surface area contributed by atoms with Crippen molar-refractivity contribution in [2.75, 3.05) is 52.5 Å². The molecule has 0 unspecified atom stereocenters. The van der Waals surface area contributed by atoms with Gasteiger partial charge < -0.3 is 14.8 Å². The summed E-state index contributed by atoms with van der Waals surface area (Å²) >= 11 is 0. The summed E-state index contributed by atoms with van der Waals surface area (Å²) in [6.45, 7) is 9.88. The summed E-state index contributed by atoms with van der Waals surface area (Å²) in [6, 6.07) is 0. The lowest BCUT2D eigenvalue weighted by atomic mass is 10.2. The first-order valence-electron chi connectivity index (χ1n) is 6.35. The fourth-order valence-electron chi connectivity index (χ4n) is 1.63. The Morgan fingerprint density at radius 1 is 1.29 bits per heavy atom. The molecule has 100 valence electrons. The first-order valence-corrected chi connectivity index (χ1v) is 6.35. The molecule has 1 aliphatic rings. The lowest BCUT2D eigenvalue weighted by Crippen LogP contribution is -2.45. The van der Waals surface area contributed by atoms with Gasteiger partial charge in [-0.1, -0.05) is 13.8 Å². The summed E-state index contributed by atoms with van der Waals surface area (Å²) < 4.78 is 10.4. The highest BCUT2D eigenvalue weighted by molar-refractivity contribution is 5.71. The molecule has 1 heterocycles. The van der Waals surface area contributed by atoms with Crippen LogP contribution in [-0.2, 0) is 14.3 Å². The van der Waals surface area contributed by atoms with Gasteiger partial charge in [0.15, 0.2) is 0 Å². The van der Waals surface area contributed by atoms with Crippen LogP contribution in [0.15, 0.2) is 0 Å². The summed E-state index contributed by atoms with van der Waals surface area (Å²) in [6.07, 6.45) is 0. The number of hydrogen-bond acceptors (Lipinski definition) is 5. The Balaban J connectivity index is 1.97. The van der Waals surface area contributed by atoms with Crippen LogP contribution in [0.4, 0.5) is 0 Å². The number of carbonyl (C=O) groups is 1. The second-order valence-corrected chi connectivity index (χ2v) is 4.72. The van der Waals surface area contributed by atoms with Gasteiger partial charge in [-0.25, -0.2) is 0 Å². The van der Waals surface area contributed by atoms with Crippen molar-refractivity contribution in [1.29, 1.82) is 0 Å². The minimum Gasteiger partial charge on any atom is -0.462 e. The SMILES string of the molecule is CC(C)COCCOC(=O)CN1CCNCC1. The second kappa shape index (κ2) is 8.44. The molecule has 5 heteroatoms. The van der Waals surface area contributed by atoms with Crippen LogP contribution in [0, 0.1) is 5.92 Å². The Kier molecular flexibility index (Phi) is 7.16. The monoisotopic (exact) mass is 244 g/mol. The van der Waals surface area contributed by atoms with Gasteiger partial charge in [0.1, 0.15) is 6.61 Å². The van der Waals surface area contributed by atoms with Crippen molar-refractivity contribution < 1.29 is 14.3 Å². The normalized spacial score (nSPS) is 17.4. The van der Waals surface area contributed by atoms with E-state index in [-0.39, 0.29) is 5.97 Å². The van der Waals surface area contributed by atoms with E-state index in [4.69, 9.17) is 9.47 Å². The topological polar surface area (TPSA) is 50.8 Å². The number of esters is 1. The zero-order valence-corrected chi connectivity index (χ0v) is 10.9. The summed E-state index contributed by atoms with van der Waals surface area (Å²) in [5.74, 6) is 0.367. The van der Waals surface area contributed by atoms with E-state index in [1.165, 1.54) is 0 Å². The maximum absolute atomic E-state index is 11.5. The van der Waals surface area contributed by atoms with Gasteiger partial charge in [-0.05, 0) is 5.92 Å². The third kappa shape index (κ3) is 7.31. The maximum atomic E-state index is 11.5. The number of carbonyl (C=O) groups excluding carboxylic acids is 1. The van der Waals surface area contributed by atoms with Crippen LogP contribution in [0.1, 0.15) is 13.8 Å². The van der Waals surface area contributed by atoms with Gasteiger partial charge in [-0.15, -0.1) is 0 Å². The smallest absolute Gasteiger partial charge is 0.320 e. The molecule has 1 rings (SSSR count). The van der Waals surface area contributed by atoms with Crippen molar-refractivity contribution in [2.24, 2.45) is 5.92 Å². The van der Waals surface area contributed by atoms with E-state index < -0.39 is 0 Å². The molecule has 1 aliphatic heterocycles. The van der Waals surface area contributed by atoms with E-state index >= 15 is 0 Å². The van der Waals surface area contributed by atoms with Gasteiger partial charge in [-0.3, -0.25) is 9.69 Å². The average Bonchev–Trinajstić information content (AvgIpc) is 2.29.